The smallest absolute Gasteiger partial charge is 0.271 e. The van der Waals surface area contributed by atoms with Gasteiger partial charge in [0.2, 0.25) is 0 Å². The molecule has 0 atom stereocenters. The number of halogens is 1. The van der Waals surface area contributed by atoms with Gasteiger partial charge in [-0.05, 0) is 51.0 Å². The van der Waals surface area contributed by atoms with Crippen molar-refractivity contribution in [2.75, 3.05) is 0 Å². The van der Waals surface area contributed by atoms with Gasteiger partial charge in [0.05, 0.1) is 11.1 Å². The molecule has 1 aromatic heterocycles. The maximum absolute atomic E-state index is 12.5. The van der Waals surface area contributed by atoms with Crippen molar-refractivity contribution in [3.8, 4) is 11.3 Å². The largest absolute Gasteiger partial charge is 0.455 e. The summed E-state index contributed by atoms with van der Waals surface area (Å²) in [5, 5.41) is 16.6. The molecule has 0 fully saturated rings. The van der Waals surface area contributed by atoms with E-state index in [0.717, 1.165) is 10.8 Å². The van der Waals surface area contributed by atoms with E-state index in [-0.39, 0.29) is 11.6 Å². The lowest BCUT2D eigenvalue weighted by atomic mass is 10.0. The van der Waals surface area contributed by atoms with Gasteiger partial charge in [-0.25, -0.2) is 5.43 Å². The maximum atomic E-state index is 12.5. The summed E-state index contributed by atoms with van der Waals surface area (Å²) in [5.41, 5.74) is 3.68. The highest BCUT2D eigenvalue weighted by Gasteiger charge is 2.13. The van der Waals surface area contributed by atoms with Crippen molar-refractivity contribution in [1.82, 2.24) is 5.43 Å². The normalized spacial score (nSPS) is 11.1. The number of hydrazone groups is 1. The van der Waals surface area contributed by atoms with Crippen LogP contribution < -0.4 is 5.43 Å². The Morgan fingerprint density at radius 2 is 1.87 bits per heavy atom. The second-order valence-corrected chi connectivity index (χ2v) is 7.20. The molecule has 1 amide bonds. The van der Waals surface area contributed by atoms with E-state index in [4.69, 9.17) is 4.42 Å². The van der Waals surface area contributed by atoms with Crippen molar-refractivity contribution in [3.05, 3.63) is 98.7 Å². The molecule has 148 valence electrons. The molecule has 7 nitrogen and oxygen atoms in total. The lowest BCUT2D eigenvalue weighted by Gasteiger charge is -2.04. The van der Waals surface area contributed by atoms with Gasteiger partial charge in [0.15, 0.2) is 0 Å². The average molecular weight is 464 g/mol. The Morgan fingerprint density at radius 3 is 2.67 bits per heavy atom. The fourth-order valence-corrected chi connectivity index (χ4v) is 3.58. The minimum absolute atomic E-state index is 0.0184. The highest BCUT2D eigenvalue weighted by atomic mass is 79.9. The minimum atomic E-state index is -0.465. The molecular formula is C22H14BrN3O4. The Hall–Kier alpha value is -3.78. The standard InChI is InChI=1S/C22H14BrN3O4/c23-20-12-15(26(28)29)8-10-19(20)21-11-9-16(30-21)13-24-25-22(27)18-7-3-5-14-4-1-2-6-17(14)18/h1-13H,(H,25,27)/b24-13+. The lowest BCUT2D eigenvalue weighted by molar-refractivity contribution is -0.384. The van der Waals surface area contributed by atoms with Crippen LogP contribution in [0.15, 0.2) is 86.8 Å². The first kappa shape index (κ1) is 19.5. The summed E-state index contributed by atoms with van der Waals surface area (Å²) < 4.78 is 6.25. The average Bonchev–Trinajstić information content (AvgIpc) is 3.21. The van der Waals surface area contributed by atoms with Crippen LogP contribution in [0.1, 0.15) is 16.1 Å². The third kappa shape index (κ3) is 3.99. The number of nitro benzene ring substituents is 1. The summed E-state index contributed by atoms with van der Waals surface area (Å²) in [5.74, 6) is 0.611. The molecule has 0 radical (unpaired) electrons. The third-order valence-electron chi connectivity index (χ3n) is 4.45. The van der Waals surface area contributed by atoms with Crippen LogP contribution in [0.4, 0.5) is 5.69 Å². The van der Waals surface area contributed by atoms with Crippen molar-refractivity contribution in [1.29, 1.82) is 0 Å². The van der Waals surface area contributed by atoms with E-state index < -0.39 is 4.92 Å². The van der Waals surface area contributed by atoms with Gasteiger partial charge in [-0.1, -0.05) is 36.4 Å². The Bertz CT molecular complexity index is 1290. The summed E-state index contributed by atoms with van der Waals surface area (Å²) >= 11 is 3.32. The molecule has 0 saturated heterocycles. The van der Waals surface area contributed by atoms with Gasteiger partial charge >= 0.3 is 0 Å². The Kier molecular flexibility index (Phi) is 5.40. The second-order valence-electron chi connectivity index (χ2n) is 6.35. The van der Waals surface area contributed by atoms with Gasteiger partial charge in [0.1, 0.15) is 11.5 Å². The number of benzene rings is 3. The van der Waals surface area contributed by atoms with Crippen LogP contribution in [-0.2, 0) is 0 Å². The van der Waals surface area contributed by atoms with Crippen molar-refractivity contribution in [2.24, 2.45) is 5.10 Å². The van der Waals surface area contributed by atoms with Crippen molar-refractivity contribution < 1.29 is 14.1 Å². The number of rotatable bonds is 5. The number of hydrogen-bond acceptors (Lipinski definition) is 5. The van der Waals surface area contributed by atoms with Crippen LogP contribution in [0.5, 0.6) is 0 Å². The molecule has 30 heavy (non-hydrogen) atoms. The number of nitrogens with one attached hydrogen (secondary N) is 1. The van der Waals surface area contributed by atoms with Gasteiger partial charge in [0.25, 0.3) is 11.6 Å². The van der Waals surface area contributed by atoms with Gasteiger partial charge in [0, 0.05) is 27.7 Å². The zero-order valence-corrected chi connectivity index (χ0v) is 17.0. The molecule has 0 spiro atoms. The molecule has 0 aliphatic rings. The molecule has 4 aromatic rings. The number of carbonyl (C=O) groups excluding carboxylic acids is 1. The summed E-state index contributed by atoms with van der Waals surface area (Å²) in [7, 11) is 0. The molecule has 0 unspecified atom stereocenters. The first-order chi connectivity index (χ1) is 14.5. The number of hydrogen-bond donors (Lipinski definition) is 1. The molecular weight excluding hydrogens is 450 g/mol. The van der Waals surface area contributed by atoms with Crippen molar-refractivity contribution in [2.45, 2.75) is 0 Å². The van der Waals surface area contributed by atoms with E-state index in [0.29, 0.717) is 27.1 Å². The molecule has 0 aliphatic carbocycles. The molecule has 0 saturated carbocycles. The van der Waals surface area contributed by atoms with Crippen LogP contribution in [0, 0.1) is 10.1 Å². The Labute approximate surface area is 179 Å². The number of amides is 1. The van der Waals surface area contributed by atoms with Gasteiger partial charge in [-0.15, -0.1) is 0 Å². The summed E-state index contributed by atoms with van der Waals surface area (Å²) in [6.07, 6.45) is 1.39. The van der Waals surface area contributed by atoms with Crippen LogP contribution in [0.3, 0.4) is 0 Å². The molecule has 8 heteroatoms. The quantitative estimate of drug-likeness (QED) is 0.238. The Morgan fingerprint density at radius 1 is 1.07 bits per heavy atom. The topological polar surface area (TPSA) is 97.7 Å². The van der Waals surface area contributed by atoms with Crippen LogP contribution in [0.2, 0.25) is 0 Å². The van der Waals surface area contributed by atoms with Gasteiger partial charge < -0.3 is 4.42 Å². The maximum Gasteiger partial charge on any atom is 0.271 e. The monoisotopic (exact) mass is 463 g/mol. The molecule has 1 heterocycles. The highest BCUT2D eigenvalue weighted by Crippen LogP contribution is 2.32. The van der Waals surface area contributed by atoms with E-state index in [1.165, 1.54) is 18.3 Å². The van der Waals surface area contributed by atoms with E-state index in [1.54, 1.807) is 24.3 Å². The fourth-order valence-electron chi connectivity index (χ4n) is 3.02. The highest BCUT2D eigenvalue weighted by molar-refractivity contribution is 9.10. The van der Waals surface area contributed by atoms with Gasteiger partial charge in [-0.3, -0.25) is 14.9 Å². The Balaban J connectivity index is 1.49. The molecule has 1 N–H and O–H groups in total. The zero-order valence-electron chi connectivity index (χ0n) is 15.4. The number of fused-ring (bicyclic) bond motifs is 1. The predicted molar refractivity (Wildman–Crippen MR) is 118 cm³/mol. The van der Waals surface area contributed by atoms with Crippen molar-refractivity contribution in [3.63, 3.8) is 0 Å². The first-order valence-corrected chi connectivity index (χ1v) is 9.67. The number of nitrogens with zero attached hydrogens (tertiary/aromatic N) is 2. The number of nitro groups is 1. The number of non-ortho nitro benzene ring substituents is 1. The third-order valence-corrected chi connectivity index (χ3v) is 5.10. The molecule has 4 rings (SSSR count). The molecule has 0 bridgehead atoms. The summed E-state index contributed by atoms with van der Waals surface area (Å²) in [6, 6.07) is 21.0. The van der Waals surface area contributed by atoms with E-state index in [2.05, 4.69) is 26.5 Å². The first-order valence-electron chi connectivity index (χ1n) is 8.88. The zero-order chi connectivity index (χ0) is 21.1. The number of furan rings is 1. The van der Waals surface area contributed by atoms with Gasteiger partial charge in [-0.2, -0.15) is 5.10 Å². The second kappa shape index (κ2) is 8.30. The lowest BCUT2D eigenvalue weighted by Crippen LogP contribution is -2.17. The van der Waals surface area contributed by atoms with Crippen molar-refractivity contribution >= 4 is 44.5 Å². The van der Waals surface area contributed by atoms with E-state index in [1.807, 2.05) is 36.4 Å². The SMILES string of the molecule is O=C(N/N=C/c1ccc(-c2ccc([N+](=O)[O-])cc2Br)o1)c1cccc2ccccc12. The van der Waals surface area contributed by atoms with Crippen LogP contribution in [0.25, 0.3) is 22.1 Å². The fraction of sp³-hybridized carbons (Fsp3) is 0. The molecule has 0 aliphatic heterocycles. The predicted octanol–water partition coefficient (Wildman–Crippen LogP) is 5.53. The minimum Gasteiger partial charge on any atom is -0.455 e. The summed E-state index contributed by atoms with van der Waals surface area (Å²) in [4.78, 5) is 22.9. The summed E-state index contributed by atoms with van der Waals surface area (Å²) in [6.45, 7) is 0. The van der Waals surface area contributed by atoms with Crippen LogP contribution in [-0.4, -0.2) is 17.0 Å². The number of carbonyl (C=O) groups is 1. The van der Waals surface area contributed by atoms with E-state index >= 15 is 0 Å². The van der Waals surface area contributed by atoms with Crippen LogP contribution >= 0.6 is 15.9 Å². The van der Waals surface area contributed by atoms with E-state index in [9.17, 15) is 14.9 Å². The molecule has 3 aromatic carbocycles.